The molecule has 3 heteroatoms. The molecule has 1 nitrogen and oxygen atoms in total. The van der Waals surface area contributed by atoms with Gasteiger partial charge < -0.3 is 5.32 Å². The highest BCUT2D eigenvalue weighted by molar-refractivity contribution is 6.30. The van der Waals surface area contributed by atoms with Crippen LogP contribution in [0, 0.1) is 5.82 Å². The van der Waals surface area contributed by atoms with Crippen LogP contribution in [0.4, 0.5) is 4.39 Å². The molecule has 2 aromatic carbocycles. The Kier molecular flexibility index (Phi) is 5.57. The van der Waals surface area contributed by atoms with Crippen molar-refractivity contribution in [3.63, 3.8) is 0 Å². The maximum absolute atomic E-state index is 13.9. The first-order valence-electron chi connectivity index (χ1n) is 6.90. The van der Waals surface area contributed by atoms with E-state index in [9.17, 15) is 4.39 Å². The van der Waals surface area contributed by atoms with Gasteiger partial charge in [-0.2, -0.15) is 0 Å². The van der Waals surface area contributed by atoms with Gasteiger partial charge in [-0.05, 0) is 42.6 Å². The first-order chi connectivity index (χ1) is 9.69. The number of hydrogen-bond donors (Lipinski definition) is 1. The monoisotopic (exact) mass is 291 g/mol. The van der Waals surface area contributed by atoms with Gasteiger partial charge in [0.1, 0.15) is 5.82 Å². The predicted molar refractivity (Wildman–Crippen MR) is 82.7 cm³/mol. The standard InChI is InChI=1S/C17H19ClFN/c1-2-20-16(10-13-6-4-3-5-7-13)11-14-8-9-15(18)12-17(14)19/h3-9,12,16,20H,2,10-11H2,1H3. The minimum absolute atomic E-state index is 0.220. The van der Waals surface area contributed by atoms with Gasteiger partial charge in [0.15, 0.2) is 0 Å². The molecular weight excluding hydrogens is 273 g/mol. The zero-order valence-corrected chi connectivity index (χ0v) is 12.3. The van der Waals surface area contributed by atoms with Gasteiger partial charge in [0.25, 0.3) is 0 Å². The van der Waals surface area contributed by atoms with E-state index in [-0.39, 0.29) is 11.9 Å². The summed E-state index contributed by atoms with van der Waals surface area (Å²) < 4.78 is 13.9. The van der Waals surface area contributed by atoms with E-state index in [1.807, 2.05) is 18.2 Å². The van der Waals surface area contributed by atoms with E-state index in [2.05, 4.69) is 24.4 Å². The van der Waals surface area contributed by atoms with Crippen LogP contribution < -0.4 is 5.32 Å². The third kappa shape index (κ3) is 4.32. The summed E-state index contributed by atoms with van der Waals surface area (Å²) in [4.78, 5) is 0. The molecule has 2 aromatic rings. The molecule has 1 unspecified atom stereocenters. The van der Waals surface area contributed by atoms with Gasteiger partial charge >= 0.3 is 0 Å². The zero-order chi connectivity index (χ0) is 14.4. The normalized spacial score (nSPS) is 12.3. The fourth-order valence-corrected chi connectivity index (χ4v) is 2.52. The van der Waals surface area contributed by atoms with E-state index in [4.69, 9.17) is 11.6 Å². The summed E-state index contributed by atoms with van der Waals surface area (Å²) in [6.45, 7) is 2.93. The first-order valence-corrected chi connectivity index (χ1v) is 7.28. The lowest BCUT2D eigenvalue weighted by Gasteiger charge is -2.18. The minimum atomic E-state index is -0.228. The van der Waals surface area contributed by atoms with E-state index in [0.717, 1.165) is 13.0 Å². The molecule has 0 saturated carbocycles. The summed E-state index contributed by atoms with van der Waals surface area (Å²) in [7, 11) is 0. The maximum Gasteiger partial charge on any atom is 0.127 e. The third-order valence-electron chi connectivity index (χ3n) is 3.30. The van der Waals surface area contributed by atoms with Crippen molar-refractivity contribution in [2.24, 2.45) is 0 Å². The lowest BCUT2D eigenvalue weighted by molar-refractivity contribution is 0.506. The molecule has 0 fully saturated rings. The van der Waals surface area contributed by atoms with Crippen molar-refractivity contribution < 1.29 is 4.39 Å². The molecule has 1 N–H and O–H groups in total. The highest BCUT2D eigenvalue weighted by Crippen LogP contribution is 2.17. The second-order valence-electron chi connectivity index (χ2n) is 4.88. The summed E-state index contributed by atoms with van der Waals surface area (Å²) in [6.07, 6.45) is 1.54. The van der Waals surface area contributed by atoms with Crippen LogP contribution in [0.5, 0.6) is 0 Å². The second kappa shape index (κ2) is 7.41. The van der Waals surface area contributed by atoms with E-state index in [0.29, 0.717) is 17.0 Å². The first kappa shape index (κ1) is 15.0. The Bertz CT molecular complexity index is 542. The number of nitrogens with one attached hydrogen (secondary N) is 1. The molecule has 0 spiro atoms. The Morgan fingerprint density at radius 1 is 1.10 bits per heavy atom. The average Bonchev–Trinajstić information content (AvgIpc) is 2.43. The lowest BCUT2D eigenvalue weighted by Crippen LogP contribution is -2.33. The van der Waals surface area contributed by atoms with Gasteiger partial charge in [0.2, 0.25) is 0 Å². The molecule has 20 heavy (non-hydrogen) atoms. The predicted octanol–water partition coefficient (Wildman–Crippen LogP) is 4.24. The van der Waals surface area contributed by atoms with Crippen LogP contribution in [0.15, 0.2) is 48.5 Å². The summed E-state index contributed by atoms with van der Waals surface area (Å²) in [6, 6.07) is 15.4. The van der Waals surface area contributed by atoms with E-state index in [1.165, 1.54) is 11.6 Å². The molecule has 2 rings (SSSR count). The maximum atomic E-state index is 13.9. The van der Waals surface area contributed by atoms with Crippen molar-refractivity contribution in [3.8, 4) is 0 Å². The quantitative estimate of drug-likeness (QED) is 0.839. The number of benzene rings is 2. The fraction of sp³-hybridized carbons (Fsp3) is 0.294. The Labute approximate surface area is 124 Å². The summed E-state index contributed by atoms with van der Waals surface area (Å²) in [5, 5.41) is 3.86. The molecule has 0 aliphatic carbocycles. The summed E-state index contributed by atoms with van der Waals surface area (Å²) >= 11 is 5.79. The van der Waals surface area contributed by atoms with Crippen molar-refractivity contribution in [1.29, 1.82) is 0 Å². The van der Waals surface area contributed by atoms with Crippen molar-refractivity contribution >= 4 is 11.6 Å². The molecule has 0 heterocycles. The van der Waals surface area contributed by atoms with Crippen LogP contribution in [0.1, 0.15) is 18.1 Å². The number of halogens is 2. The molecule has 0 aromatic heterocycles. The second-order valence-corrected chi connectivity index (χ2v) is 5.32. The Balaban J connectivity index is 2.09. The van der Waals surface area contributed by atoms with Crippen LogP contribution in [0.3, 0.4) is 0 Å². The smallest absolute Gasteiger partial charge is 0.127 e. The molecule has 0 aliphatic rings. The van der Waals surface area contributed by atoms with Crippen LogP contribution >= 0.6 is 11.6 Å². The number of likely N-dealkylation sites (N-methyl/N-ethyl adjacent to an activating group) is 1. The highest BCUT2D eigenvalue weighted by Gasteiger charge is 2.12. The summed E-state index contributed by atoms with van der Waals surface area (Å²) in [5.74, 6) is -0.228. The molecule has 106 valence electrons. The van der Waals surface area contributed by atoms with Crippen molar-refractivity contribution in [2.75, 3.05) is 6.54 Å². The minimum Gasteiger partial charge on any atom is -0.314 e. The molecule has 0 bridgehead atoms. The molecule has 0 amide bonds. The molecule has 0 aliphatic heterocycles. The van der Waals surface area contributed by atoms with Gasteiger partial charge in [-0.1, -0.05) is 54.9 Å². The van der Waals surface area contributed by atoms with Crippen LogP contribution in [-0.2, 0) is 12.8 Å². The SMILES string of the molecule is CCNC(Cc1ccccc1)Cc1ccc(Cl)cc1F. The largest absolute Gasteiger partial charge is 0.314 e. The summed E-state index contributed by atoms with van der Waals surface area (Å²) in [5.41, 5.74) is 1.96. The van der Waals surface area contributed by atoms with Gasteiger partial charge in [-0.25, -0.2) is 4.39 Å². The van der Waals surface area contributed by atoms with E-state index >= 15 is 0 Å². The number of rotatable bonds is 6. The van der Waals surface area contributed by atoms with E-state index < -0.39 is 0 Å². The zero-order valence-electron chi connectivity index (χ0n) is 11.6. The molecule has 0 radical (unpaired) electrons. The van der Waals surface area contributed by atoms with E-state index in [1.54, 1.807) is 12.1 Å². The van der Waals surface area contributed by atoms with Crippen molar-refractivity contribution in [2.45, 2.75) is 25.8 Å². The van der Waals surface area contributed by atoms with Gasteiger partial charge in [-0.3, -0.25) is 0 Å². The Morgan fingerprint density at radius 3 is 2.50 bits per heavy atom. The van der Waals surface area contributed by atoms with Crippen molar-refractivity contribution in [3.05, 3.63) is 70.5 Å². The van der Waals surface area contributed by atoms with Gasteiger partial charge in [-0.15, -0.1) is 0 Å². The molecular formula is C17H19ClFN. The molecule has 0 saturated heterocycles. The van der Waals surface area contributed by atoms with Gasteiger partial charge in [0, 0.05) is 11.1 Å². The number of hydrogen-bond acceptors (Lipinski definition) is 1. The Morgan fingerprint density at radius 2 is 1.85 bits per heavy atom. The van der Waals surface area contributed by atoms with Crippen LogP contribution in [-0.4, -0.2) is 12.6 Å². The van der Waals surface area contributed by atoms with Crippen LogP contribution in [0.25, 0.3) is 0 Å². The Hall–Kier alpha value is -1.38. The highest BCUT2D eigenvalue weighted by atomic mass is 35.5. The van der Waals surface area contributed by atoms with Crippen molar-refractivity contribution in [1.82, 2.24) is 5.32 Å². The third-order valence-corrected chi connectivity index (χ3v) is 3.53. The average molecular weight is 292 g/mol. The van der Waals surface area contributed by atoms with Gasteiger partial charge in [0.05, 0.1) is 0 Å². The fourth-order valence-electron chi connectivity index (χ4n) is 2.36. The lowest BCUT2D eigenvalue weighted by atomic mass is 9.98. The van der Waals surface area contributed by atoms with Crippen LogP contribution in [0.2, 0.25) is 5.02 Å². The molecule has 1 atom stereocenters. The topological polar surface area (TPSA) is 12.0 Å².